The Kier molecular flexibility index (Phi) is 5.47. The Bertz CT molecular complexity index is 757. The molecule has 0 atom stereocenters. The van der Waals surface area contributed by atoms with E-state index in [2.05, 4.69) is 39.4 Å². The number of benzene rings is 2. The first-order chi connectivity index (χ1) is 13.3. The van der Waals surface area contributed by atoms with Gasteiger partial charge in [-0.05, 0) is 43.5 Å². The second-order valence-corrected chi connectivity index (χ2v) is 7.26. The summed E-state index contributed by atoms with van der Waals surface area (Å²) in [4.78, 5) is 17.2. The average Bonchev–Trinajstić information content (AvgIpc) is 2.92. The Balaban J connectivity index is 1.30. The standard InChI is InChI=1S/C22H27N3O2/c26-22(17-25-13-6-16-27-21-10-5-4-9-20(21)25)23-18-11-14-24(15-12-18)19-7-2-1-3-8-19/h1-5,7-10,18H,6,11-17H2,(H,23,26). The van der Waals surface area contributed by atoms with E-state index in [0.717, 1.165) is 50.3 Å². The van der Waals surface area contributed by atoms with Gasteiger partial charge in [-0.1, -0.05) is 30.3 Å². The summed E-state index contributed by atoms with van der Waals surface area (Å²) in [5.74, 6) is 0.976. The molecule has 5 nitrogen and oxygen atoms in total. The van der Waals surface area contributed by atoms with Crippen molar-refractivity contribution in [3.05, 3.63) is 54.6 Å². The molecule has 0 bridgehead atoms. The number of nitrogens with zero attached hydrogens (tertiary/aromatic N) is 2. The lowest BCUT2D eigenvalue weighted by molar-refractivity contribution is -0.120. The number of hydrogen-bond acceptors (Lipinski definition) is 4. The highest BCUT2D eigenvalue weighted by atomic mass is 16.5. The molecule has 2 aliphatic rings. The van der Waals surface area contributed by atoms with Crippen LogP contribution in [0.15, 0.2) is 54.6 Å². The van der Waals surface area contributed by atoms with Gasteiger partial charge in [-0.25, -0.2) is 0 Å². The van der Waals surface area contributed by atoms with Crippen LogP contribution in [0, 0.1) is 0 Å². The fourth-order valence-electron chi connectivity index (χ4n) is 3.93. The molecule has 2 aliphatic heterocycles. The van der Waals surface area contributed by atoms with E-state index in [4.69, 9.17) is 4.74 Å². The maximum absolute atomic E-state index is 12.6. The summed E-state index contributed by atoms with van der Waals surface area (Å²) >= 11 is 0. The van der Waals surface area contributed by atoms with Crippen molar-refractivity contribution >= 4 is 17.3 Å². The summed E-state index contributed by atoms with van der Waals surface area (Å²) in [6.07, 6.45) is 2.90. The van der Waals surface area contributed by atoms with Gasteiger partial charge in [0.25, 0.3) is 0 Å². The van der Waals surface area contributed by atoms with Crippen LogP contribution < -0.4 is 19.9 Å². The molecule has 2 heterocycles. The van der Waals surface area contributed by atoms with Crippen molar-refractivity contribution in [2.75, 3.05) is 42.6 Å². The maximum atomic E-state index is 12.6. The second kappa shape index (κ2) is 8.33. The number of ether oxygens (including phenoxy) is 1. The summed E-state index contributed by atoms with van der Waals surface area (Å²) in [5, 5.41) is 3.24. The summed E-state index contributed by atoms with van der Waals surface area (Å²) in [7, 11) is 0. The van der Waals surface area contributed by atoms with Crippen LogP contribution in [0.25, 0.3) is 0 Å². The third kappa shape index (κ3) is 4.35. The Morgan fingerprint density at radius 3 is 2.56 bits per heavy atom. The molecule has 2 aromatic rings. The van der Waals surface area contributed by atoms with E-state index >= 15 is 0 Å². The lowest BCUT2D eigenvalue weighted by atomic mass is 10.0. The normalized spacial score (nSPS) is 17.6. The lowest BCUT2D eigenvalue weighted by Crippen LogP contribution is -2.47. The zero-order chi connectivity index (χ0) is 18.5. The number of nitrogens with one attached hydrogen (secondary N) is 1. The first-order valence-electron chi connectivity index (χ1n) is 9.86. The van der Waals surface area contributed by atoms with Crippen molar-refractivity contribution in [2.45, 2.75) is 25.3 Å². The van der Waals surface area contributed by atoms with E-state index < -0.39 is 0 Å². The number of piperidine rings is 1. The molecular weight excluding hydrogens is 338 g/mol. The van der Waals surface area contributed by atoms with E-state index in [1.54, 1.807) is 0 Å². The van der Waals surface area contributed by atoms with Gasteiger partial charge in [0.15, 0.2) is 0 Å². The molecule has 0 aliphatic carbocycles. The molecule has 5 heteroatoms. The Labute approximate surface area is 160 Å². The van der Waals surface area contributed by atoms with Crippen molar-refractivity contribution < 1.29 is 9.53 Å². The lowest BCUT2D eigenvalue weighted by Gasteiger charge is -2.34. The van der Waals surface area contributed by atoms with Gasteiger partial charge in [0, 0.05) is 31.4 Å². The molecule has 142 valence electrons. The van der Waals surface area contributed by atoms with Crippen molar-refractivity contribution in [1.29, 1.82) is 0 Å². The first-order valence-corrected chi connectivity index (χ1v) is 9.86. The monoisotopic (exact) mass is 365 g/mol. The first kappa shape index (κ1) is 17.7. The number of rotatable bonds is 4. The molecule has 1 fully saturated rings. The minimum absolute atomic E-state index is 0.102. The number of fused-ring (bicyclic) bond motifs is 1. The van der Waals surface area contributed by atoms with Crippen LogP contribution in [-0.4, -0.2) is 44.7 Å². The minimum atomic E-state index is 0.102. The van der Waals surface area contributed by atoms with Crippen molar-refractivity contribution in [1.82, 2.24) is 5.32 Å². The molecule has 0 unspecified atom stereocenters. The molecule has 1 saturated heterocycles. The summed E-state index contributed by atoms with van der Waals surface area (Å²) < 4.78 is 5.79. The zero-order valence-corrected chi connectivity index (χ0v) is 15.6. The molecule has 0 radical (unpaired) electrons. The third-order valence-electron chi connectivity index (χ3n) is 5.35. The number of amides is 1. The second-order valence-electron chi connectivity index (χ2n) is 7.26. The fraction of sp³-hybridized carbons (Fsp3) is 0.409. The largest absolute Gasteiger partial charge is 0.491 e. The summed E-state index contributed by atoms with van der Waals surface area (Å²) in [5.41, 5.74) is 2.28. The van der Waals surface area contributed by atoms with Gasteiger partial charge in [-0.15, -0.1) is 0 Å². The zero-order valence-electron chi connectivity index (χ0n) is 15.6. The van der Waals surface area contributed by atoms with Gasteiger partial charge in [-0.3, -0.25) is 4.79 Å². The number of carbonyl (C=O) groups excluding carboxylic acids is 1. The number of hydrogen-bond donors (Lipinski definition) is 1. The Morgan fingerprint density at radius 2 is 1.74 bits per heavy atom. The van der Waals surface area contributed by atoms with Crippen molar-refractivity contribution in [3.8, 4) is 5.75 Å². The molecule has 27 heavy (non-hydrogen) atoms. The van der Waals surface area contributed by atoms with Crippen LogP contribution in [-0.2, 0) is 4.79 Å². The van der Waals surface area contributed by atoms with Crippen LogP contribution in [0.2, 0.25) is 0 Å². The third-order valence-corrected chi connectivity index (χ3v) is 5.35. The quantitative estimate of drug-likeness (QED) is 0.905. The Hall–Kier alpha value is -2.69. The van der Waals surface area contributed by atoms with Crippen LogP contribution in [0.5, 0.6) is 5.75 Å². The van der Waals surface area contributed by atoms with E-state index in [1.165, 1.54) is 5.69 Å². The minimum Gasteiger partial charge on any atom is -0.491 e. The smallest absolute Gasteiger partial charge is 0.239 e. The van der Waals surface area contributed by atoms with Crippen molar-refractivity contribution in [3.63, 3.8) is 0 Å². The molecule has 0 spiro atoms. The van der Waals surface area contributed by atoms with Crippen molar-refractivity contribution in [2.24, 2.45) is 0 Å². The SMILES string of the molecule is O=C(CN1CCCOc2ccccc21)NC1CCN(c2ccccc2)CC1. The Morgan fingerprint density at radius 1 is 1.00 bits per heavy atom. The summed E-state index contributed by atoms with van der Waals surface area (Å²) in [6, 6.07) is 18.7. The number of anilines is 2. The molecule has 0 aromatic heterocycles. The highest BCUT2D eigenvalue weighted by Crippen LogP contribution is 2.30. The molecule has 1 amide bonds. The highest BCUT2D eigenvalue weighted by molar-refractivity contribution is 5.82. The molecule has 0 saturated carbocycles. The van der Waals surface area contributed by atoms with E-state index in [9.17, 15) is 4.79 Å². The van der Waals surface area contributed by atoms with E-state index in [0.29, 0.717) is 13.2 Å². The molecule has 4 rings (SSSR count). The van der Waals surface area contributed by atoms with Crippen LogP contribution >= 0.6 is 0 Å². The predicted molar refractivity (Wildman–Crippen MR) is 109 cm³/mol. The molecular formula is C22H27N3O2. The van der Waals surface area contributed by atoms with Gasteiger partial charge in [0.1, 0.15) is 5.75 Å². The van der Waals surface area contributed by atoms with E-state index in [-0.39, 0.29) is 11.9 Å². The highest BCUT2D eigenvalue weighted by Gasteiger charge is 2.23. The van der Waals surface area contributed by atoms with Crippen LogP contribution in [0.3, 0.4) is 0 Å². The van der Waals surface area contributed by atoms with Gasteiger partial charge in [-0.2, -0.15) is 0 Å². The topological polar surface area (TPSA) is 44.8 Å². The maximum Gasteiger partial charge on any atom is 0.239 e. The van der Waals surface area contributed by atoms with Gasteiger partial charge < -0.3 is 19.9 Å². The molecule has 1 N–H and O–H groups in total. The predicted octanol–water partition coefficient (Wildman–Crippen LogP) is 3.06. The van der Waals surface area contributed by atoms with Gasteiger partial charge in [0.2, 0.25) is 5.91 Å². The number of para-hydroxylation sites is 3. The van der Waals surface area contributed by atoms with Crippen LogP contribution in [0.4, 0.5) is 11.4 Å². The average molecular weight is 365 g/mol. The fourth-order valence-corrected chi connectivity index (χ4v) is 3.93. The van der Waals surface area contributed by atoms with Gasteiger partial charge >= 0.3 is 0 Å². The molecule has 2 aromatic carbocycles. The van der Waals surface area contributed by atoms with E-state index in [1.807, 2.05) is 30.3 Å². The van der Waals surface area contributed by atoms with Gasteiger partial charge in [0.05, 0.1) is 18.8 Å². The number of carbonyl (C=O) groups is 1. The van der Waals surface area contributed by atoms with Crippen LogP contribution in [0.1, 0.15) is 19.3 Å². The summed E-state index contributed by atoms with van der Waals surface area (Å²) in [6.45, 7) is 3.90.